The highest BCUT2D eigenvalue weighted by Gasteiger charge is 2.62. The molecule has 2 N–H and O–H groups in total. The molecule has 1 atom stereocenters. The number of nitrogens with one attached hydrogen (secondary N) is 1. The summed E-state index contributed by atoms with van der Waals surface area (Å²) < 4.78 is 43.5. The summed E-state index contributed by atoms with van der Waals surface area (Å²) in [5.74, 6) is 0.294. The highest BCUT2D eigenvalue weighted by Crippen LogP contribution is 2.39. The van der Waals surface area contributed by atoms with Crippen molar-refractivity contribution in [3.63, 3.8) is 0 Å². The summed E-state index contributed by atoms with van der Waals surface area (Å²) in [6, 6.07) is 1.79. The molecule has 7 nitrogen and oxygen atoms in total. The Kier molecular flexibility index (Phi) is 3.73. The van der Waals surface area contributed by atoms with Gasteiger partial charge in [0.2, 0.25) is 0 Å². The number of urea groups is 1. The number of halogens is 3. The number of carbonyl (C=O) groups excluding carboxylic acids is 1. The standard InChI is InChI=1S/C11H11F3N4O3/c1-7-5-10(20,11(12,13)14)18(17-7)9(19)16-15-6-8-3-2-4-21-8/h2-4,6,20H,5H2,1H3,(H,16,19)/b15-6+. The Morgan fingerprint density at radius 1 is 1.67 bits per heavy atom. The number of hydrogen-bond donors (Lipinski definition) is 2. The van der Waals surface area contributed by atoms with E-state index < -0.39 is 24.4 Å². The fraction of sp³-hybridized carbons (Fsp3) is 0.364. The average molecular weight is 304 g/mol. The van der Waals surface area contributed by atoms with Crippen LogP contribution in [0, 0.1) is 0 Å². The fourth-order valence-electron chi connectivity index (χ4n) is 1.72. The largest absolute Gasteiger partial charge is 0.463 e. The van der Waals surface area contributed by atoms with Gasteiger partial charge < -0.3 is 9.52 Å². The van der Waals surface area contributed by atoms with E-state index in [0.29, 0.717) is 5.76 Å². The first kappa shape index (κ1) is 15.0. The Morgan fingerprint density at radius 2 is 2.38 bits per heavy atom. The fourth-order valence-corrected chi connectivity index (χ4v) is 1.72. The molecule has 1 aliphatic heterocycles. The van der Waals surface area contributed by atoms with Crippen molar-refractivity contribution in [3.8, 4) is 0 Å². The minimum atomic E-state index is -5.05. The van der Waals surface area contributed by atoms with Crippen LogP contribution in [0.2, 0.25) is 0 Å². The van der Waals surface area contributed by atoms with E-state index in [-0.39, 0.29) is 10.7 Å². The summed E-state index contributed by atoms with van der Waals surface area (Å²) in [5.41, 5.74) is -1.56. The predicted molar refractivity (Wildman–Crippen MR) is 65.4 cm³/mol. The quantitative estimate of drug-likeness (QED) is 0.643. The maximum absolute atomic E-state index is 12.9. The molecule has 0 bridgehead atoms. The summed E-state index contributed by atoms with van der Waals surface area (Å²) >= 11 is 0. The topological polar surface area (TPSA) is 90.4 Å². The van der Waals surface area contributed by atoms with Gasteiger partial charge in [-0.05, 0) is 19.1 Å². The Balaban J connectivity index is 2.10. The number of aliphatic hydroxyl groups is 1. The molecule has 0 saturated carbocycles. The zero-order chi connectivity index (χ0) is 15.7. The minimum absolute atomic E-state index is 0.0278. The molecule has 1 aliphatic rings. The SMILES string of the molecule is CC1=NN(C(=O)N/N=C/c2ccco2)C(O)(C(F)(F)F)C1. The van der Waals surface area contributed by atoms with E-state index in [1.807, 2.05) is 5.43 Å². The lowest BCUT2D eigenvalue weighted by Gasteiger charge is -2.31. The zero-order valence-corrected chi connectivity index (χ0v) is 10.8. The average Bonchev–Trinajstić information content (AvgIpc) is 2.96. The Morgan fingerprint density at radius 3 is 2.95 bits per heavy atom. The lowest BCUT2D eigenvalue weighted by Crippen LogP contribution is -2.58. The van der Waals surface area contributed by atoms with Gasteiger partial charge >= 0.3 is 12.2 Å². The van der Waals surface area contributed by atoms with Crippen molar-refractivity contribution in [2.24, 2.45) is 10.2 Å². The molecule has 21 heavy (non-hydrogen) atoms. The van der Waals surface area contributed by atoms with Gasteiger partial charge in [0.05, 0.1) is 12.5 Å². The van der Waals surface area contributed by atoms with Crippen molar-refractivity contribution < 1.29 is 27.5 Å². The molecule has 0 saturated heterocycles. The van der Waals surface area contributed by atoms with Gasteiger partial charge in [-0.25, -0.2) is 10.2 Å². The second kappa shape index (κ2) is 5.20. The van der Waals surface area contributed by atoms with Gasteiger partial charge in [0.15, 0.2) is 0 Å². The third kappa shape index (κ3) is 2.89. The maximum atomic E-state index is 12.9. The normalized spacial score (nSPS) is 22.7. The van der Waals surface area contributed by atoms with Crippen LogP contribution in [0.25, 0.3) is 0 Å². The van der Waals surface area contributed by atoms with Crippen LogP contribution in [-0.4, -0.2) is 40.0 Å². The van der Waals surface area contributed by atoms with Crippen LogP contribution < -0.4 is 5.43 Å². The number of alkyl halides is 3. The molecule has 0 fully saturated rings. The summed E-state index contributed by atoms with van der Waals surface area (Å²) in [4.78, 5) is 11.7. The maximum Gasteiger partial charge on any atom is 0.438 e. The Hall–Kier alpha value is -2.36. The molecular weight excluding hydrogens is 293 g/mol. The summed E-state index contributed by atoms with van der Waals surface area (Å²) in [6.45, 7) is 1.27. The van der Waals surface area contributed by atoms with E-state index in [1.54, 1.807) is 6.07 Å². The van der Waals surface area contributed by atoms with Gasteiger partial charge in [-0.3, -0.25) is 0 Å². The molecule has 0 radical (unpaired) electrons. The first-order chi connectivity index (χ1) is 9.74. The third-order valence-corrected chi connectivity index (χ3v) is 2.66. The first-order valence-corrected chi connectivity index (χ1v) is 5.74. The van der Waals surface area contributed by atoms with Crippen LogP contribution in [0.5, 0.6) is 0 Å². The van der Waals surface area contributed by atoms with E-state index in [4.69, 9.17) is 4.42 Å². The van der Waals surface area contributed by atoms with Gasteiger partial charge in [-0.2, -0.15) is 28.4 Å². The molecule has 0 aliphatic carbocycles. The molecular formula is C11H11F3N4O3. The van der Waals surface area contributed by atoms with E-state index in [2.05, 4.69) is 10.2 Å². The van der Waals surface area contributed by atoms with Crippen molar-refractivity contribution in [1.29, 1.82) is 0 Å². The molecule has 0 aromatic carbocycles. The van der Waals surface area contributed by atoms with Gasteiger partial charge in [0, 0.05) is 12.1 Å². The smallest absolute Gasteiger partial charge is 0.438 e. The number of furan rings is 1. The number of rotatable bonds is 2. The summed E-state index contributed by atoms with van der Waals surface area (Å²) in [7, 11) is 0. The number of carbonyl (C=O) groups is 1. The van der Waals surface area contributed by atoms with Crippen molar-refractivity contribution in [1.82, 2.24) is 10.4 Å². The molecule has 114 valence electrons. The van der Waals surface area contributed by atoms with E-state index in [1.165, 1.54) is 19.3 Å². The van der Waals surface area contributed by atoms with Crippen LogP contribution >= 0.6 is 0 Å². The number of amides is 2. The van der Waals surface area contributed by atoms with Crippen LogP contribution in [0.15, 0.2) is 33.0 Å². The van der Waals surface area contributed by atoms with Crippen molar-refractivity contribution in [2.45, 2.75) is 25.2 Å². The second-order valence-corrected chi connectivity index (χ2v) is 4.33. The minimum Gasteiger partial charge on any atom is -0.463 e. The van der Waals surface area contributed by atoms with E-state index in [0.717, 1.165) is 6.21 Å². The van der Waals surface area contributed by atoms with Crippen molar-refractivity contribution in [2.75, 3.05) is 0 Å². The summed E-state index contributed by atoms with van der Waals surface area (Å²) in [6.07, 6.45) is -3.40. The number of hydrogen-bond acceptors (Lipinski definition) is 5. The zero-order valence-electron chi connectivity index (χ0n) is 10.8. The van der Waals surface area contributed by atoms with Gasteiger partial charge in [0.25, 0.3) is 5.72 Å². The van der Waals surface area contributed by atoms with Gasteiger partial charge in [0.1, 0.15) is 5.76 Å². The molecule has 1 aromatic rings. The Bertz CT molecular complexity index is 582. The lowest BCUT2D eigenvalue weighted by molar-refractivity contribution is -0.297. The monoisotopic (exact) mass is 304 g/mol. The van der Waals surface area contributed by atoms with E-state index >= 15 is 0 Å². The third-order valence-electron chi connectivity index (χ3n) is 2.66. The molecule has 0 spiro atoms. The predicted octanol–water partition coefficient (Wildman–Crippen LogP) is 1.66. The van der Waals surface area contributed by atoms with Gasteiger partial charge in [-0.1, -0.05) is 0 Å². The molecule has 10 heteroatoms. The van der Waals surface area contributed by atoms with Gasteiger partial charge in [-0.15, -0.1) is 0 Å². The highest BCUT2D eigenvalue weighted by atomic mass is 19.4. The van der Waals surface area contributed by atoms with E-state index in [9.17, 15) is 23.1 Å². The van der Waals surface area contributed by atoms with Crippen LogP contribution in [0.1, 0.15) is 19.1 Å². The molecule has 2 amide bonds. The van der Waals surface area contributed by atoms with Crippen molar-refractivity contribution >= 4 is 18.0 Å². The van der Waals surface area contributed by atoms with Crippen LogP contribution in [-0.2, 0) is 0 Å². The van der Waals surface area contributed by atoms with Crippen molar-refractivity contribution in [3.05, 3.63) is 24.2 Å². The highest BCUT2D eigenvalue weighted by molar-refractivity contribution is 5.89. The van der Waals surface area contributed by atoms with Crippen LogP contribution in [0.3, 0.4) is 0 Å². The second-order valence-electron chi connectivity index (χ2n) is 4.33. The Labute approximate surface area is 116 Å². The molecule has 1 unspecified atom stereocenters. The number of nitrogens with zero attached hydrogens (tertiary/aromatic N) is 3. The first-order valence-electron chi connectivity index (χ1n) is 5.74. The lowest BCUT2D eigenvalue weighted by atomic mass is 10.1. The van der Waals surface area contributed by atoms with Crippen LogP contribution in [0.4, 0.5) is 18.0 Å². The summed E-state index contributed by atoms with van der Waals surface area (Å²) in [5, 5.41) is 16.4. The number of hydrazone groups is 2. The molecule has 2 rings (SSSR count). The molecule has 2 heterocycles. The molecule has 1 aromatic heterocycles.